The Labute approximate surface area is 96.9 Å². The van der Waals surface area contributed by atoms with Gasteiger partial charge in [0.2, 0.25) is 0 Å². The van der Waals surface area contributed by atoms with Gasteiger partial charge in [0.15, 0.2) is 5.78 Å². The van der Waals surface area contributed by atoms with Gasteiger partial charge in [-0.3, -0.25) is 4.79 Å². The Morgan fingerprint density at radius 1 is 1.40 bits per heavy atom. The lowest BCUT2D eigenvalue weighted by Crippen LogP contribution is -2.46. The summed E-state index contributed by atoms with van der Waals surface area (Å²) in [5.74, 6) is 0.0993. The Bertz CT molecular complexity index is 344. The number of rotatable bonds is 2. The summed E-state index contributed by atoms with van der Waals surface area (Å²) in [5.41, 5.74) is 0.723. The van der Waals surface area contributed by atoms with E-state index in [1.165, 1.54) is 0 Å². The van der Waals surface area contributed by atoms with Gasteiger partial charge >= 0.3 is 0 Å². The molecule has 3 nitrogen and oxygen atoms in total. The minimum Gasteiger partial charge on any atom is -0.378 e. The fourth-order valence-corrected chi connectivity index (χ4v) is 1.81. The largest absolute Gasteiger partial charge is 0.378 e. The number of carbonyl (C=O) groups excluding carboxylic acids is 1. The molecule has 1 saturated heterocycles. The molecule has 1 aliphatic heterocycles. The molecule has 0 aromatic heterocycles. The van der Waals surface area contributed by atoms with Crippen molar-refractivity contribution in [2.45, 2.75) is 6.04 Å². The molecule has 80 valence electrons. The van der Waals surface area contributed by atoms with Crippen molar-refractivity contribution >= 4 is 21.7 Å². The van der Waals surface area contributed by atoms with Crippen LogP contribution in [0.1, 0.15) is 10.4 Å². The number of Topliss-reactive ketones (excluding diaryl/α,β-unsaturated/α-hetero) is 1. The first-order chi connectivity index (χ1) is 7.27. The topological polar surface area (TPSA) is 38.3 Å². The van der Waals surface area contributed by atoms with Gasteiger partial charge in [-0.2, -0.15) is 0 Å². The lowest BCUT2D eigenvalue weighted by atomic mass is 10.0. The maximum Gasteiger partial charge on any atom is 0.182 e. The number of carbonyl (C=O) groups is 1. The van der Waals surface area contributed by atoms with Crippen molar-refractivity contribution in [3.8, 4) is 0 Å². The summed E-state index contributed by atoms with van der Waals surface area (Å²) in [7, 11) is 0. The molecule has 1 heterocycles. The smallest absolute Gasteiger partial charge is 0.182 e. The number of hydrogen-bond acceptors (Lipinski definition) is 3. The minimum absolute atomic E-state index is 0.0993. The lowest BCUT2D eigenvalue weighted by molar-refractivity contribution is 0.0607. The normalized spacial score (nSPS) is 21.3. The summed E-state index contributed by atoms with van der Waals surface area (Å²) in [4.78, 5) is 12.0. The van der Waals surface area contributed by atoms with E-state index in [0.29, 0.717) is 13.2 Å². The van der Waals surface area contributed by atoms with Crippen LogP contribution in [0.25, 0.3) is 0 Å². The molecule has 4 heteroatoms. The highest BCUT2D eigenvalue weighted by Crippen LogP contribution is 2.12. The van der Waals surface area contributed by atoms with Gasteiger partial charge < -0.3 is 10.1 Å². The van der Waals surface area contributed by atoms with Gasteiger partial charge in [0.1, 0.15) is 0 Å². The highest BCUT2D eigenvalue weighted by Gasteiger charge is 2.22. The van der Waals surface area contributed by atoms with Gasteiger partial charge in [0.05, 0.1) is 19.3 Å². The second kappa shape index (κ2) is 4.88. The van der Waals surface area contributed by atoms with Crippen molar-refractivity contribution in [2.24, 2.45) is 0 Å². The first-order valence-corrected chi connectivity index (χ1v) is 5.67. The number of ketones is 1. The van der Waals surface area contributed by atoms with Crippen LogP contribution in [0.15, 0.2) is 28.7 Å². The van der Waals surface area contributed by atoms with E-state index in [1.54, 1.807) is 0 Å². The summed E-state index contributed by atoms with van der Waals surface area (Å²) < 4.78 is 6.23. The van der Waals surface area contributed by atoms with E-state index >= 15 is 0 Å². The minimum atomic E-state index is -0.195. The van der Waals surface area contributed by atoms with Crippen LogP contribution < -0.4 is 5.32 Å². The van der Waals surface area contributed by atoms with Gasteiger partial charge in [0.25, 0.3) is 0 Å². The Morgan fingerprint density at radius 2 is 2.13 bits per heavy atom. The third-order valence-corrected chi connectivity index (χ3v) is 2.90. The zero-order valence-corrected chi connectivity index (χ0v) is 9.79. The van der Waals surface area contributed by atoms with E-state index in [2.05, 4.69) is 21.2 Å². The summed E-state index contributed by atoms with van der Waals surface area (Å²) >= 11 is 3.34. The van der Waals surface area contributed by atoms with Crippen molar-refractivity contribution in [3.63, 3.8) is 0 Å². The van der Waals surface area contributed by atoms with Crippen molar-refractivity contribution in [1.29, 1.82) is 0 Å². The number of halogens is 1. The van der Waals surface area contributed by atoms with E-state index < -0.39 is 0 Å². The molecule has 2 rings (SSSR count). The fraction of sp³-hybridized carbons (Fsp3) is 0.364. The summed E-state index contributed by atoms with van der Waals surface area (Å²) in [6.45, 7) is 1.89. The van der Waals surface area contributed by atoms with E-state index in [1.807, 2.05) is 24.3 Å². The Balaban J connectivity index is 2.09. The number of ether oxygens (including phenoxy) is 1. The number of hydrogen-bond donors (Lipinski definition) is 1. The van der Waals surface area contributed by atoms with Gasteiger partial charge in [-0.25, -0.2) is 0 Å². The van der Waals surface area contributed by atoms with E-state index in [9.17, 15) is 4.79 Å². The number of nitrogens with one attached hydrogen (secondary N) is 1. The highest BCUT2D eigenvalue weighted by atomic mass is 79.9. The Kier molecular flexibility index (Phi) is 3.51. The van der Waals surface area contributed by atoms with Gasteiger partial charge in [-0.05, 0) is 12.1 Å². The van der Waals surface area contributed by atoms with Crippen LogP contribution in [-0.2, 0) is 4.74 Å². The molecular formula is C11H12BrNO2. The van der Waals surface area contributed by atoms with Crippen LogP contribution in [0, 0.1) is 0 Å². The van der Waals surface area contributed by atoms with Crippen LogP contribution in [0.5, 0.6) is 0 Å². The van der Waals surface area contributed by atoms with Gasteiger partial charge in [-0.15, -0.1) is 0 Å². The van der Waals surface area contributed by atoms with Gasteiger partial charge in [-0.1, -0.05) is 28.1 Å². The fourth-order valence-electron chi connectivity index (χ4n) is 1.55. The molecule has 15 heavy (non-hydrogen) atoms. The molecule has 1 aromatic rings. The van der Waals surface area contributed by atoms with Crippen LogP contribution in [-0.4, -0.2) is 31.6 Å². The number of morpholine rings is 1. The highest BCUT2D eigenvalue weighted by molar-refractivity contribution is 9.10. The average molecular weight is 270 g/mol. The predicted octanol–water partition coefficient (Wildman–Crippen LogP) is 1.62. The Morgan fingerprint density at radius 3 is 2.73 bits per heavy atom. The van der Waals surface area contributed by atoms with Crippen molar-refractivity contribution in [3.05, 3.63) is 34.3 Å². The number of benzene rings is 1. The Hall–Kier alpha value is -0.710. The SMILES string of the molecule is O=C(c1ccc(Br)cc1)C1COCCN1. The zero-order chi connectivity index (χ0) is 10.7. The molecule has 1 N–H and O–H groups in total. The monoisotopic (exact) mass is 269 g/mol. The molecule has 0 spiro atoms. The summed E-state index contributed by atoms with van der Waals surface area (Å²) in [6.07, 6.45) is 0. The van der Waals surface area contributed by atoms with Crippen LogP contribution >= 0.6 is 15.9 Å². The predicted molar refractivity (Wildman–Crippen MR) is 61.1 cm³/mol. The summed E-state index contributed by atoms with van der Waals surface area (Å²) in [5, 5.41) is 3.15. The van der Waals surface area contributed by atoms with Crippen molar-refractivity contribution in [2.75, 3.05) is 19.8 Å². The molecule has 0 bridgehead atoms. The van der Waals surface area contributed by atoms with Crippen LogP contribution in [0.3, 0.4) is 0 Å². The van der Waals surface area contributed by atoms with E-state index in [-0.39, 0.29) is 11.8 Å². The molecule has 1 fully saturated rings. The molecule has 0 saturated carbocycles. The standard InChI is InChI=1S/C11H12BrNO2/c12-9-3-1-8(2-4-9)11(14)10-7-15-6-5-13-10/h1-4,10,13H,5-7H2. The first-order valence-electron chi connectivity index (χ1n) is 4.88. The van der Waals surface area contributed by atoms with E-state index in [4.69, 9.17) is 4.74 Å². The molecule has 1 aliphatic rings. The molecule has 1 atom stereocenters. The first kappa shape index (κ1) is 10.8. The third kappa shape index (κ3) is 2.65. The molecule has 0 aliphatic carbocycles. The second-order valence-corrected chi connectivity index (χ2v) is 4.37. The van der Waals surface area contributed by atoms with Crippen LogP contribution in [0.2, 0.25) is 0 Å². The van der Waals surface area contributed by atoms with Gasteiger partial charge in [0, 0.05) is 16.6 Å². The van der Waals surface area contributed by atoms with Crippen molar-refractivity contribution < 1.29 is 9.53 Å². The third-order valence-electron chi connectivity index (χ3n) is 2.37. The lowest BCUT2D eigenvalue weighted by Gasteiger charge is -2.22. The average Bonchev–Trinajstić information content (AvgIpc) is 2.30. The maximum absolute atomic E-state index is 12.0. The second-order valence-electron chi connectivity index (χ2n) is 3.45. The zero-order valence-electron chi connectivity index (χ0n) is 8.20. The molecule has 0 radical (unpaired) electrons. The van der Waals surface area contributed by atoms with Crippen LogP contribution in [0.4, 0.5) is 0 Å². The van der Waals surface area contributed by atoms with Crippen molar-refractivity contribution in [1.82, 2.24) is 5.32 Å². The molecular weight excluding hydrogens is 258 g/mol. The maximum atomic E-state index is 12.0. The quantitative estimate of drug-likeness (QED) is 0.830. The summed E-state index contributed by atoms with van der Waals surface area (Å²) in [6, 6.07) is 7.19. The molecule has 0 amide bonds. The van der Waals surface area contributed by atoms with E-state index in [0.717, 1.165) is 16.6 Å². The molecule has 1 unspecified atom stereocenters. The molecule has 1 aromatic carbocycles.